The Balaban J connectivity index is 1.05. The fraction of sp³-hybridized carbons (Fsp3) is 0.219. The third-order valence-corrected chi connectivity index (χ3v) is 8.65. The van der Waals surface area contributed by atoms with Gasteiger partial charge in [-0.2, -0.15) is 0 Å². The third-order valence-electron chi connectivity index (χ3n) is 7.05. The zero-order chi connectivity index (χ0) is 29.1. The third kappa shape index (κ3) is 7.13. The maximum absolute atomic E-state index is 15.1. The molecule has 3 aromatic carbocycles. The predicted molar refractivity (Wildman–Crippen MR) is 164 cm³/mol. The number of ether oxygens (including phenoxy) is 1. The van der Waals surface area contributed by atoms with Crippen molar-refractivity contribution >= 4 is 40.7 Å². The number of thioether (sulfide) groups is 1. The van der Waals surface area contributed by atoms with Gasteiger partial charge in [-0.25, -0.2) is 8.78 Å². The maximum Gasteiger partial charge on any atom is 0.230 e. The van der Waals surface area contributed by atoms with Gasteiger partial charge in [0.1, 0.15) is 11.6 Å². The van der Waals surface area contributed by atoms with Crippen LogP contribution in [0.25, 0.3) is 0 Å². The Labute approximate surface area is 252 Å². The van der Waals surface area contributed by atoms with Gasteiger partial charge in [-0.3, -0.25) is 9.78 Å². The number of rotatable bonds is 9. The van der Waals surface area contributed by atoms with Gasteiger partial charge < -0.3 is 20.7 Å². The van der Waals surface area contributed by atoms with Gasteiger partial charge in [-0.1, -0.05) is 36.4 Å². The summed E-state index contributed by atoms with van der Waals surface area (Å²) in [5.41, 5.74) is 4.43. The normalized spacial score (nSPS) is 15.6. The molecule has 1 saturated carbocycles. The van der Waals surface area contributed by atoms with Crippen molar-refractivity contribution in [3.63, 3.8) is 0 Å². The van der Waals surface area contributed by atoms with E-state index in [1.807, 2.05) is 0 Å². The van der Waals surface area contributed by atoms with Crippen molar-refractivity contribution in [1.29, 1.82) is 0 Å². The van der Waals surface area contributed by atoms with Crippen LogP contribution in [-0.4, -0.2) is 22.0 Å². The molecule has 0 spiro atoms. The van der Waals surface area contributed by atoms with Crippen molar-refractivity contribution in [3.05, 3.63) is 113 Å². The lowest BCUT2D eigenvalue weighted by atomic mass is 10.1. The summed E-state index contributed by atoms with van der Waals surface area (Å²) in [6.07, 6.45) is 5.02. The molecule has 1 fully saturated rings. The van der Waals surface area contributed by atoms with Gasteiger partial charge in [0.25, 0.3) is 0 Å². The second-order valence-electron chi connectivity index (χ2n) is 10.3. The Kier molecular flexibility index (Phi) is 8.46. The number of pyridine rings is 1. The first-order valence-corrected chi connectivity index (χ1v) is 15.0. The number of nitrogens with zero attached hydrogens (tertiary/aromatic N) is 1. The highest BCUT2D eigenvalue weighted by Crippen LogP contribution is 2.50. The van der Waals surface area contributed by atoms with Crippen LogP contribution in [0.5, 0.6) is 11.5 Å². The molecule has 1 aromatic heterocycles. The highest BCUT2D eigenvalue weighted by molar-refractivity contribution is 8.00. The van der Waals surface area contributed by atoms with E-state index in [9.17, 15) is 9.18 Å². The van der Waals surface area contributed by atoms with Gasteiger partial charge in [-0.05, 0) is 66.0 Å². The fourth-order valence-electron chi connectivity index (χ4n) is 4.67. The van der Waals surface area contributed by atoms with E-state index in [2.05, 4.69) is 45.2 Å². The number of carbonyl (C=O) groups is 1. The zero-order valence-electron chi connectivity index (χ0n) is 22.5. The summed E-state index contributed by atoms with van der Waals surface area (Å²) in [6, 6.07) is 21.1. The van der Waals surface area contributed by atoms with Crippen LogP contribution in [0.4, 0.5) is 14.5 Å². The van der Waals surface area contributed by atoms with Crippen molar-refractivity contribution in [3.8, 4) is 11.5 Å². The van der Waals surface area contributed by atoms with Gasteiger partial charge in [0.05, 0.1) is 17.0 Å². The van der Waals surface area contributed by atoms with E-state index >= 15 is 4.39 Å². The fourth-order valence-corrected chi connectivity index (χ4v) is 6.22. The van der Waals surface area contributed by atoms with Crippen LogP contribution < -0.4 is 20.7 Å². The van der Waals surface area contributed by atoms with Crippen molar-refractivity contribution < 1.29 is 18.3 Å². The summed E-state index contributed by atoms with van der Waals surface area (Å²) in [5.74, 6) is -0.707. The van der Waals surface area contributed by atoms with E-state index in [0.717, 1.165) is 23.6 Å². The minimum atomic E-state index is -0.582. The van der Waals surface area contributed by atoms with Crippen LogP contribution in [0.3, 0.4) is 0 Å². The Morgan fingerprint density at radius 3 is 2.48 bits per heavy atom. The molecule has 1 unspecified atom stereocenters. The molecule has 4 aromatic rings. The molecule has 0 saturated heterocycles. The minimum absolute atomic E-state index is 0.0248. The second-order valence-corrected chi connectivity index (χ2v) is 12.0. The van der Waals surface area contributed by atoms with E-state index < -0.39 is 5.82 Å². The summed E-state index contributed by atoms with van der Waals surface area (Å²) in [7, 11) is 0. The molecular formula is C32H28F2N4O2S2. The van der Waals surface area contributed by atoms with Crippen LogP contribution in [0.15, 0.2) is 83.9 Å². The Morgan fingerprint density at radius 2 is 1.74 bits per heavy atom. The van der Waals surface area contributed by atoms with Crippen molar-refractivity contribution in [2.24, 2.45) is 0 Å². The van der Waals surface area contributed by atoms with Crippen LogP contribution in [0.2, 0.25) is 0 Å². The molecule has 2 aliphatic rings. The first-order valence-electron chi connectivity index (χ1n) is 13.7. The van der Waals surface area contributed by atoms with E-state index in [1.165, 1.54) is 60.4 Å². The number of amides is 1. The molecule has 6 nitrogen and oxygen atoms in total. The standard InChI is InChI=1S/C32H28F2N4O2S2/c33-22-7-3-19(4-8-22)15-30(39)38-32(41)37-24-11-12-27(25(34)16-24)40-28-13-14-35-26-17-29(42-31(26)28)21-5-1-20(2-6-21)18-36-23-9-10-23/h1-8,11-14,16,23,29,36H,9-10,15,17-18H2,(H2,37,38,39,41). The van der Waals surface area contributed by atoms with Crippen LogP contribution in [0.1, 0.15) is 40.5 Å². The molecule has 214 valence electrons. The molecule has 2 heterocycles. The van der Waals surface area contributed by atoms with Gasteiger partial charge in [0, 0.05) is 48.3 Å². The molecule has 3 N–H and O–H groups in total. The number of anilines is 1. The zero-order valence-corrected chi connectivity index (χ0v) is 24.2. The minimum Gasteiger partial charge on any atom is -0.453 e. The number of aromatic nitrogens is 1. The smallest absolute Gasteiger partial charge is 0.230 e. The number of hydrogen-bond acceptors (Lipinski definition) is 6. The average molecular weight is 603 g/mol. The van der Waals surface area contributed by atoms with Crippen LogP contribution in [0, 0.1) is 11.6 Å². The molecule has 6 rings (SSSR count). The highest BCUT2D eigenvalue weighted by atomic mass is 32.2. The van der Waals surface area contributed by atoms with Gasteiger partial charge >= 0.3 is 0 Å². The Hall–Kier alpha value is -3.86. The average Bonchev–Trinajstić information content (AvgIpc) is 3.70. The van der Waals surface area contributed by atoms with E-state index in [-0.39, 0.29) is 34.3 Å². The number of carbonyl (C=O) groups excluding carboxylic acids is 1. The molecule has 10 heteroatoms. The molecule has 1 aliphatic carbocycles. The number of thiocarbonyl (C=S) groups is 1. The monoisotopic (exact) mass is 602 g/mol. The number of benzene rings is 3. The lowest BCUT2D eigenvalue weighted by Crippen LogP contribution is -2.35. The maximum atomic E-state index is 15.1. The predicted octanol–water partition coefficient (Wildman–Crippen LogP) is 6.85. The summed E-state index contributed by atoms with van der Waals surface area (Å²) in [4.78, 5) is 17.7. The van der Waals surface area contributed by atoms with Crippen LogP contribution >= 0.6 is 24.0 Å². The topological polar surface area (TPSA) is 75.3 Å². The van der Waals surface area contributed by atoms with E-state index in [1.54, 1.807) is 30.1 Å². The van der Waals surface area contributed by atoms with Crippen molar-refractivity contribution in [1.82, 2.24) is 15.6 Å². The first kappa shape index (κ1) is 28.3. The molecule has 0 bridgehead atoms. The van der Waals surface area contributed by atoms with E-state index in [0.29, 0.717) is 23.0 Å². The van der Waals surface area contributed by atoms with Crippen LogP contribution in [-0.2, 0) is 24.2 Å². The highest BCUT2D eigenvalue weighted by Gasteiger charge is 2.28. The van der Waals surface area contributed by atoms with Gasteiger partial charge in [0.2, 0.25) is 5.91 Å². The van der Waals surface area contributed by atoms with Crippen molar-refractivity contribution in [2.45, 2.75) is 48.4 Å². The van der Waals surface area contributed by atoms with Gasteiger partial charge in [0.15, 0.2) is 16.7 Å². The SMILES string of the molecule is O=C(Cc1ccc(F)cc1)NC(=S)Nc1ccc(Oc2ccnc3c2SC(c2ccc(CNC4CC4)cc2)C3)c(F)c1. The lowest BCUT2D eigenvalue weighted by molar-refractivity contribution is -0.119. The summed E-state index contributed by atoms with van der Waals surface area (Å²) < 4.78 is 34.1. The molecule has 42 heavy (non-hydrogen) atoms. The van der Waals surface area contributed by atoms with Gasteiger partial charge in [-0.15, -0.1) is 11.8 Å². The molecule has 1 amide bonds. The summed E-state index contributed by atoms with van der Waals surface area (Å²) in [6.45, 7) is 0.889. The number of fused-ring (bicyclic) bond motifs is 1. The quantitative estimate of drug-likeness (QED) is 0.181. The Bertz CT molecular complexity index is 1610. The van der Waals surface area contributed by atoms with E-state index in [4.69, 9.17) is 17.0 Å². The first-order chi connectivity index (χ1) is 20.4. The van der Waals surface area contributed by atoms with Crippen molar-refractivity contribution in [2.75, 3.05) is 5.32 Å². The lowest BCUT2D eigenvalue weighted by Gasteiger charge is -2.13. The molecule has 1 atom stereocenters. The molecule has 1 aliphatic heterocycles. The number of halogens is 2. The molecular weight excluding hydrogens is 575 g/mol. The largest absolute Gasteiger partial charge is 0.453 e. The number of nitrogens with one attached hydrogen (secondary N) is 3. The molecule has 0 radical (unpaired) electrons. The number of hydrogen-bond donors (Lipinski definition) is 3. The Morgan fingerprint density at radius 1 is 0.976 bits per heavy atom. The summed E-state index contributed by atoms with van der Waals surface area (Å²) >= 11 is 6.88. The second kappa shape index (κ2) is 12.6. The summed E-state index contributed by atoms with van der Waals surface area (Å²) in [5, 5.41) is 9.13.